The van der Waals surface area contributed by atoms with Crippen LogP contribution in [-0.4, -0.2) is 29.5 Å². The standard InChI is InChI=1S/C22H30N2O2/c1-17(2)24(16-19-8-6-5-7-9-19)22(25)14-15-23-20-10-12-21(13-11-20)26-18(3)4/h5-13,17-18,23H,14-16H2,1-4H3. The van der Waals surface area contributed by atoms with Gasteiger partial charge in [-0.1, -0.05) is 30.3 Å². The molecule has 0 aromatic heterocycles. The molecule has 2 rings (SSSR count). The fraction of sp³-hybridized carbons (Fsp3) is 0.409. The van der Waals surface area contributed by atoms with Crippen molar-refractivity contribution in [1.29, 1.82) is 0 Å². The maximum atomic E-state index is 12.6. The van der Waals surface area contributed by atoms with E-state index < -0.39 is 0 Å². The molecule has 0 saturated carbocycles. The smallest absolute Gasteiger partial charge is 0.224 e. The van der Waals surface area contributed by atoms with Crippen molar-refractivity contribution < 1.29 is 9.53 Å². The van der Waals surface area contributed by atoms with E-state index in [-0.39, 0.29) is 18.1 Å². The zero-order valence-electron chi connectivity index (χ0n) is 16.2. The fourth-order valence-electron chi connectivity index (χ4n) is 2.72. The van der Waals surface area contributed by atoms with E-state index in [0.717, 1.165) is 17.0 Å². The highest BCUT2D eigenvalue weighted by atomic mass is 16.5. The molecule has 0 aliphatic heterocycles. The lowest BCUT2D eigenvalue weighted by Crippen LogP contribution is -2.37. The summed E-state index contributed by atoms with van der Waals surface area (Å²) in [5.41, 5.74) is 2.15. The summed E-state index contributed by atoms with van der Waals surface area (Å²) in [6.07, 6.45) is 0.632. The van der Waals surface area contributed by atoms with E-state index in [2.05, 4.69) is 31.3 Å². The van der Waals surface area contributed by atoms with Crippen LogP contribution in [0.15, 0.2) is 54.6 Å². The predicted octanol–water partition coefficient (Wildman–Crippen LogP) is 4.71. The first-order chi connectivity index (χ1) is 12.5. The van der Waals surface area contributed by atoms with Gasteiger partial charge in [0.1, 0.15) is 5.75 Å². The zero-order chi connectivity index (χ0) is 18.9. The summed E-state index contributed by atoms with van der Waals surface area (Å²) in [6, 6.07) is 18.1. The second kappa shape index (κ2) is 9.85. The average molecular weight is 354 g/mol. The van der Waals surface area contributed by atoms with E-state index in [4.69, 9.17) is 4.74 Å². The first-order valence-electron chi connectivity index (χ1n) is 9.29. The topological polar surface area (TPSA) is 41.6 Å². The SMILES string of the molecule is CC(C)Oc1ccc(NCCC(=O)N(Cc2ccccc2)C(C)C)cc1. The molecule has 0 aliphatic rings. The van der Waals surface area contributed by atoms with Gasteiger partial charge in [-0.2, -0.15) is 0 Å². The van der Waals surface area contributed by atoms with Crippen molar-refractivity contribution in [2.45, 2.75) is 52.8 Å². The number of amides is 1. The summed E-state index contributed by atoms with van der Waals surface area (Å²) in [6.45, 7) is 9.39. The van der Waals surface area contributed by atoms with Gasteiger partial charge in [0.2, 0.25) is 5.91 Å². The number of ether oxygens (including phenoxy) is 1. The molecule has 0 fully saturated rings. The molecule has 0 spiro atoms. The first-order valence-corrected chi connectivity index (χ1v) is 9.29. The maximum absolute atomic E-state index is 12.6. The van der Waals surface area contributed by atoms with Crippen molar-refractivity contribution in [3.63, 3.8) is 0 Å². The molecule has 4 nitrogen and oxygen atoms in total. The Hall–Kier alpha value is -2.49. The van der Waals surface area contributed by atoms with E-state index in [9.17, 15) is 4.79 Å². The Kier molecular flexibility index (Phi) is 7.52. The molecule has 0 unspecified atom stereocenters. The summed E-state index contributed by atoms with van der Waals surface area (Å²) in [4.78, 5) is 14.5. The summed E-state index contributed by atoms with van der Waals surface area (Å²) >= 11 is 0. The van der Waals surface area contributed by atoms with Crippen molar-refractivity contribution in [2.24, 2.45) is 0 Å². The molecule has 0 atom stereocenters. The summed E-state index contributed by atoms with van der Waals surface area (Å²) in [5, 5.41) is 3.31. The third-order valence-corrected chi connectivity index (χ3v) is 4.03. The van der Waals surface area contributed by atoms with Crippen LogP contribution in [0.25, 0.3) is 0 Å². The summed E-state index contributed by atoms with van der Waals surface area (Å²) in [7, 11) is 0. The van der Waals surface area contributed by atoms with Crippen LogP contribution in [0, 0.1) is 0 Å². The van der Waals surface area contributed by atoms with Gasteiger partial charge >= 0.3 is 0 Å². The van der Waals surface area contributed by atoms with Crippen LogP contribution in [0.1, 0.15) is 39.7 Å². The van der Waals surface area contributed by atoms with E-state index in [0.29, 0.717) is 19.5 Å². The third-order valence-electron chi connectivity index (χ3n) is 4.03. The monoisotopic (exact) mass is 354 g/mol. The van der Waals surface area contributed by atoms with Gasteiger partial charge in [0.25, 0.3) is 0 Å². The van der Waals surface area contributed by atoms with Gasteiger partial charge in [-0.15, -0.1) is 0 Å². The number of hydrogen-bond donors (Lipinski definition) is 1. The minimum Gasteiger partial charge on any atom is -0.491 e. The van der Waals surface area contributed by atoms with Crippen LogP contribution in [0.5, 0.6) is 5.75 Å². The molecule has 0 saturated heterocycles. The average Bonchev–Trinajstić information content (AvgIpc) is 2.61. The summed E-state index contributed by atoms with van der Waals surface area (Å²) < 4.78 is 5.64. The Morgan fingerprint density at radius 1 is 1.00 bits per heavy atom. The highest BCUT2D eigenvalue weighted by Crippen LogP contribution is 2.17. The van der Waals surface area contributed by atoms with Crippen LogP contribution < -0.4 is 10.1 Å². The van der Waals surface area contributed by atoms with Crippen molar-refractivity contribution in [1.82, 2.24) is 4.90 Å². The molecule has 140 valence electrons. The third kappa shape index (κ3) is 6.43. The van der Waals surface area contributed by atoms with E-state index >= 15 is 0 Å². The lowest BCUT2D eigenvalue weighted by atomic mass is 10.1. The number of anilines is 1. The van der Waals surface area contributed by atoms with Crippen LogP contribution >= 0.6 is 0 Å². The van der Waals surface area contributed by atoms with Crippen molar-refractivity contribution >= 4 is 11.6 Å². The van der Waals surface area contributed by atoms with E-state index in [1.807, 2.05) is 61.2 Å². The van der Waals surface area contributed by atoms with Crippen molar-refractivity contribution in [2.75, 3.05) is 11.9 Å². The van der Waals surface area contributed by atoms with Gasteiger partial charge in [0.05, 0.1) is 6.10 Å². The van der Waals surface area contributed by atoms with Crippen LogP contribution in [0.2, 0.25) is 0 Å². The molecular weight excluding hydrogens is 324 g/mol. The Bertz CT molecular complexity index is 666. The Morgan fingerprint density at radius 2 is 1.65 bits per heavy atom. The number of carbonyl (C=O) groups excluding carboxylic acids is 1. The van der Waals surface area contributed by atoms with Crippen LogP contribution in [0.3, 0.4) is 0 Å². The minimum absolute atomic E-state index is 0.163. The molecule has 0 aliphatic carbocycles. The van der Waals surface area contributed by atoms with Gasteiger partial charge in [0.15, 0.2) is 0 Å². The fourth-order valence-corrected chi connectivity index (χ4v) is 2.72. The minimum atomic E-state index is 0.163. The van der Waals surface area contributed by atoms with Crippen LogP contribution in [0.4, 0.5) is 5.69 Å². The Balaban J connectivity index is 1.84. The largest absolute Gasteiger partial charge is 0.491 e. The molecule has 0 heterocycles. The molecule has 1 amide bonds. The maximum Gasteiger partial charge on any atom is 0.224 e. The number of hydrogen-bond acceptors (Lipinski definition) is 3. The summed E-state index contributed by atoms with van der Waals surface area (Å²) in [5.74, 6) is 1.02. The number of nitrogens with zero attached hydrogens (tertiary/aromatic N) is 1. The number of nitrogens with one attached hydrogen (secondary N) is 1. The highest BCUT2D eigenvalue weighted by Gasteiger charge is 2.16. The van der Waals surface area contributed by atoms with Gasteiger partial charge in [-0.3, -0.25) is 4.79 Å². The van der Waals surface area contributed by atoms with Gasteiger partial charge in [-0.05, 0) is 57.5 Å². The van der Waals surface area contributed by atoms with Gasteiger partial charge < -0.3 is 15.0 Å². The molecular formula is C22H30N2O2. The molecule has 4 heteroatoms. The first kappa shape index (κ1) is 19.8. The van der Waals surface area contributed by atoms with Gasteiger partial charge in [0, 0.05) is 31.2 Å². The van der Waals surface area contributed by atoms with E-state index in [1.54, 1.807) is 0 Å². The normalized spacial score (nSPS) is 10.8. The van der Waals surface area contributed by atoms with Gasteiger partial charge in [-0.25, -0.2) is 0 Å². The lowest BCUT2D eigenvalue weighted by Gasteiger charge is -2.27. The predicted molar refractivity (Wildman–Crippen MR) is 107 cm³/mol. The molecule has 26 heavy (non-hydrogen) atoms. The highest BCUT2D eigenvalue weighted by molar-refractivity contribution is 5.77. The van der Waals surface area contributed by atoms with Crippen molar-refractivity contribution in [3.8, 4) is 5.75 Å². The molecule has 0 radical (unpaired) electrons. The quantitative estimate of drug-likeness (QED) is 0.709. The lowest BCUT2D eigenvalue weighted by molar-refractivity contribution is -0.133. The molecule has 1 N–H and O–H groups in total. The van der Waals surface area contributed by atoms with Crippen LogP contribution in [-0.2, 0) is 11.3 Å². The molecule has 2 aromatic rings. The number of benzene rings is 2. The Morgan fingerprint density at radius 3 is 2.23 bits per heavy atom. The zero-order valence-corrected chi connectivity index (χ0v) is 16.2. The van der Waals surface area contributed by atoms with E-state index in [1.165, 1.54) is 0 Å². The number of rotatable bonds is 9. The molecule has 0 bridgehead atoms. The van der Waals surface area contributed by atoms with Crippen molar-refractivity contribution in [3.05, 3.63) is 60.2 Å². The second-order valence-electron chi connectivity index (χ2n) is 6.97. The second-order valence-corrected chi connectivity index (χ2v) is 6.97. The number of carbonyl (C=O) groups is 1. The Labute approximate surface area is 157 Å². The molecule has 2 aromatic carbocycles.